The van der Waals surface area contributed by atoms with Gasteiger partial charge in [0, 0.05) is 30.6 Å². The molecule has 33 heavy (non-hydrogen) atoms. The van der Waals surface area contributed by atoms with Gasteiger partial charge < -0.3 is 15.0 Å². The van der Waals surface area contributed by atoms with Gasteiger partial charge in [-0.3, -0.25) is 0 Å². The van der Waals surface area contributed by atoms with Crippen LogP contribution in [0.2, 0.25) is 5.02 Å². The third-order valence-corrected chi connectivity index (χ3v) is 6.03. The number of imidazole rings is 1. The summed E-state index contributed by atoms with van der Waals surface area (Å²) in [4.78, 5) is 8.01. The highest BCUT2D eigenvalue weighted by atomic mass is 35.5. The van der Waals surface area contributed by atoms with Crippen molar-refractivity contribution < 1.29 is 9.13 Å². The van der Waals surface area contributed by atoms with E-state index >= 15 is 0 Å². The average Bonchev–Trinajstić information content (AvgIpc) is 3.24. The van der Waals surface area contributed by atoms with Gasteiger partial charge >= 0.3 is 0 Å². The summed E-state index contributed by atoms with van der Waals surface area (Å²) in [6.07, 6.45) is 0.792. The van der Waals surface area contributed by atoms with E-state index in [1.807, 2.05) is 42.5 Å². The molecule has 0 aliphatic heterocycles. The minimum absolute atomic E-state index is 0.267. The molecule has 1 heterocycles. The Labute approximate surface area is 196 Å². The van der Waals surface area contributed by atoms with Gasteiger partial charge in [-0.05, 0) is 41.1 Å². The molecule has 0 atom stereocenters. The lowest BCUT2D eigenvalue weighted by molar-refractivity contribution is 0.302. The Bertz CT molecular complexity index is 1380. The van der Waals surface area contributed by atoms with Crippen molar-refractivity contribution in [2.45, 2.75) is 19.6 Å². The van der Waals surface area contributed by atoms with Crippen molar-refractivity contribution in [1.82, 2.24) is 15.3 Å². The van der Waals surface area contributed by atoms with E-state index in [0.29, 0.717) is 11.6 Å². The number of nitrogens with zero attached hydrogens (tertiary/aromatic N) is 1. The van der Waals surface area contributed by atoms with Crippen LogP contribution in [0, 0.1) is 5.82 Å². The SMILES string of the molecule is Fc1ccc(COc2ccc3ccccc3c2CNCCc2nc3ccccc3[nH]2)c(Cl)c1. The van der Waals surface area contributed by atoms with E-state index in [1.165, 1.54) is 12.1 Å². The zero-order valence-electron chi connectivity index (χ0n) is 17.9. The van der Waals surface area contributed by atoms with Gasteiger partial charge in [-0.25, -0.2) is 9.37 Å². The molecule has 4 nitrogen and oxygen atoms in total. The predicted octanol–water partition coefficient (Wildman–Crippen LogP) is 6.42. The highest BCUT2D eigenvalue weighted by molar-refractivity contribution is 6.31. The van der Waals surface area contributed by atoms with E-state index in [2.05, 4.69) is 33.5 Å². The molecule has 0 saturated heterocycles. The Morgan fingerprint density at radius 3 is 2.70 bits per heavy atom. The molecular formula is C27H23ClFN3O. The van der Waals surface area contributed by atoms with Gasteiger partial charge in [0.05, 0.1) is 16.1 Å². The minimum atomic E-state index is -0.358. The fourth-order valence-electron chi connectivity index (χ4n) is 3.97. The Kier molecular flexibility index (Phi) is 6.24. The molecule has 0 aliphatic carbocycles. The Morgan fingerprint density at radius 2 is 1.82 bits per heavy atom. The fraction of sp³-hybridized carbons (Fsp3) is 0.148. The lowest BCUT2D eigenvalue weighted by Crippen LogP contribution is -2.18. The number of hydrogen-bond donors (Lipinski definition) is 2. The summed E-state index contributed by atoms with van der Waals surface area (Å²) in [6.45, 7) is 1.68. The lowest BCUT2D eigenvalue weighted by Gasteiger charge is -2.15. The second kappa shape index (κ2) is 9.61. The summed E-state index contributed by atoms with van der Waals surface area (Å²) < 4.78 is 19.5. The third kappa shape index (κ3) is 4.85. The zero-order valence-corrected chi connectivity index (χ0v) is 18.7. The third-order valence-electron chi connectivity index (χ3n) is 5.67. The van der Waals surface area contributed by atoms with Crippen molar-refractivity contribution in [1.29, 1.82) is 0 Å². The van der Waals surface area contributed by atoms with Gasteiger partial charge in [-0.2, -0.15) is 0 Å². The second-order valence-corrected chi connectivity index (χ2v) is 8.32. The molecule has 0 radical (unpaired) electrons. The molecule has 6 heteroatoms. The number of halogens is 2. The van der Waals surface area contributed by atoms with E-state index in [9.17, 15) is 4.39 Å². The first kappa shape index (κ1) is 21.4. The molecule has 0 aliphatic rings. The highest BCUT2D eigenvalue weighted by Gasteiger charge is 2.11. The number of nitrogens with one attached hydrogen (secondary N) is 2. The summed E-state index contributed by atoms with van der Waals surface area (Å²) in [7, 11) is 0. The number of ether oxygens (including phenoxy) is 1. The van der Waals surface area contributed by atoms with Crippen LogP contribution in [-0.2, 0) is 19.6 Å². The minimum Gasteiger partial charge on any atom is -0.488 e. The van der Waals surface area contributed by atoms with Crippen molar-refractivity contribution in [2.24, 2.45) is 0 Å². The van der Waals surface area contributed by atoms with Gasteiger partial charge in [0.15, 0.2) is 0 Å². The first-order valence-corrected chi connectivity index (χ1v) is 11.3. The summed E-state index contributed by atoms with van der Waals surface area (Å²) >= 11 is 6.18. The molecule has 5 rings (SSSR count). The van der Waals surface area contributed by atoms with Crippen molar-refractivity contribution in [3.63, 3.8) is 0 Å². The molecular weight excluding hydrogens is 437 g/mol. The maximum absolute atomic E-state index is 13.4. The lowest BCUT2D eigenvalue weighted by atomic mass is 10.0. The Balaban J connectivity index is 1.30. The molecule has 0 fully saturated rings. The topological polar surface area (TPSA) is 49.9 Å². The van der Waals surface area contributed by atoms with Crippen LogP contribution in [0.3, 0.4) is 0 Å². The molecule has 1 aromatic heterocycles. The number of H-pyrrole nitrogens is 1. The number of rotatable bonds is 8. The van der Waals surface area contributed by atoms with Gasteiger partial charge in [-0.15, -0.1) is 0 Å². The van der Waals surface area contributed by atoms with E-state index in [1.54, 1.807) is 6.07 Å². The molecule has 0 spiro atoms. The molecule has 0 amide bonds. The van der Waals surface area contributed by atoms with Crippen LogP contribution in [0.5, 0.6) is 5.75 Å². The molecule has 0 bridgehead atoms. The maximum atomic E-state index is 13.4. The number of aromatic nitrogens is 2. The Hall–Kier alpha value is -3.41. The van der Waals surface area contributed by atoms with E-state index < -0.39 is 0 Å². The number of hydrogen-bond acceptors (Lipinski definition) is 3. The highest BCUT2D eigenvalue weighted by Crippen LogP contribution is 2.29. The molecule has 0 unspecified atom stereocenters. The molecule has 2 N–H and O–H groups in total. The van der Waals surface area contributed by atoms with Crippen molar-refractivity contribution in [3.8, 4) is 5.75 Å². The normalized spacial score (nSPS) is 11.3. The van der Waals surface area contributed by atoms with Crippen molar-refractivity contribution >= 4 is 33.4 Å². The van der Waals surface area contributed by atoms with Gasteiger partial charge in [-0.1, -0.05) is 60.1 Å². The van der Waals surface area contributed by atoms with E-state index in [0.717, 1.165) is 57.5 Å². The van der Waals surface area contributed by atoms with Crippen LogP contribution in [0.15, 0.2) is 78.9 Å². The van der Waals surface area contributed by atoms with Crippen molar-refractivity contribution in [3.05, 3.63) is 107 Å². The number of benzene rings is 4. The Morgan fingerprint density at radius 1 is 0.970 bits per heavy atom. The van der Waals surface area contributed by atoms with Crippen LogP contribution in [-0.4, -0.2) is 16.5 Å². The first-order chi connectivity index (χ1) is 16.2. The smallest absolute Gasteiger partial charge is 0.124 e. The number of para-hydroxylation sites is 2. The molecule has 0 saturated carbocycles. The quantitative estimate of drug-likeness (QED) is 0.263. The first-order valence-electron chi connectivity index (χ1n) is 10.9. The number of fused-ring (bicyclic) bond motifs is 2. The molecule has 5 aromatic rings. The predicted molar refractivity (Wildman–Crippen MR) is 131 cm³/mol. The standard InChI is InChI=1S/C27H23ClFN3O/c28-23-15-20(29)11-9-19(23)17-33-26-12-10-18-5-1-2-6-21(18)22(26)16-30-14-13-27-31-24-7-3-4-8-25(24)32-27/h1-12,15,30H,13-14,16-17H2,(H,31,32). The molecule has 4 aromatic carbocycles. The summed E-state index contributed by atoms with van der Waals surface area (Å²) in [5.74, 6) is 1.39. The second-order valence-electron chi connectivity index (χ2n) is 7.92. The van der Waals surface area contributed by atoms with Gasteiger partial charge in [0.25, 0.3) is 0 Å². The zero-order chi connectivity index (χ0) is 22.6. The van der Waals surface area contributed by atoms with Crippen LogP contribution in [0.1, 0.15) is 17.0 Å². The molecule has 166 valence electrons. The monoisotopic (exact) mass is 459 g/mol. The average molecular weight is 460 g/mol. The van der Waals surface area contributed by atoms with Crippen LogP contribution < -0.4 is 10.1 Å². The van der Waals surface area contributed by atoms with Crippen LogP contribution in [0.25, 0.3) is 21.8 Å². The maximum Gasteiger partial charge on any atom is 0.124 e. The van der Waals surface area contributed by atoms with Gasteiger partial charge in [0.2, 0.25) is 0 Å². The summed E-state index contributed by atoms with van der Waals surface area (Å²) in [5, 5.41) is 6.18. The van der Waals surface area contributed by atoms with Gasteiger partial charge in [0.1, 0.15) is 24.0 Å². The van der Waals surface area contributed by atoms with E-state index in [4.69, 9.17) is 16.3 Å². The van der Waals surface area contributed by atoms with Crippen molar-refractivity contribution in [2.75, 3.05) is 6.54 Å². The van der Waals surface area contributed by atoms with Crippen LogP contribution >= 0.6 is 11.6 Å². The fourth-order valence-corrected chi connectivity index (χ4v) is 4.19. The van der Waals surface area contributed by atoms with E-state index in [-0.39, 0.29) is 12.4 Å². The summed E-state index contributed by atoms with van der Waals surface area (Å²) in [5.41, 5.74) is 3.86. The summed E-state index contributed by atoms with van der Waals surface area (Å²) in [6, 6.07) is 24.7. The van der Waals surface area contributed by atoms with Crippen LogP contribution in [0.4, 0.5) is 4.39 Å². The largest absolute Gasteiger partial charge is 0.488 e. The number of aromatic amines is 1.